The summed E-state index contributed by atoms with van der Waals surface area (Å²) in [5, 5.41) is 10.3. The number of nitrogens with two attached hydrogens (primary N) is 1. The highest BCUT2D eigenvalue weighted by molar-refractivity contribution is 7.11. The number of hydrogen-bond acceptors (Lipinski definition) is 4. The van der Waals surface area contributed by atoms with E-state index in [9.17, 15) is 5.11 Å². The van der Waals surface area contributed by atoms with Crippen LogP contribution < -0.4 is 5.73 Å². The summed E-state index contributed by atoms with van der Waals surface area (Å²) in [4.78, 5) is 5.33. The van der Waals surface area contributed by atoms with Crippen molar-refractivity contribution in [2.45, 2.75) is 25.9 Å². The van der Waals surface area contributed by atoms with E-state index in [0.29, 0.717) is 13.0 Å². The molecular weight excluding hydrogens is 172 g/mol. The molecule has 1 aromatic heterocycles. The molecular formula is C8H14N2OS. The van der Waals surface area contributed by atoms with Gasteiger partial charge in [0.1, 0.15) is 11.1 Å². The summed E-state index contributed by atoms with van der Waals surface area (Å²) in [7, 11) is 0. The third kappa shape index (κ3) is 2.27. The van der Waals surface area contributed by atoms with Crippen LogP contribution in [0.5, 0.6) is 0 Å². The molecule has 0 aliphatic heterocycles. The van der Waals surface area contributed by atoms with Crippen molar-refractivity contribution in [3.8, 4) is 0 Å². The van der Waals surface area contributed by atoms with Crippen LogP contribution in [0.4, 0.5) is 0 Å². The molecule has 68 valence electrons. The number of aliphatic hydroxyl groups is 1. The maximum Gasteiger partial charge on any atom is 0.121 e. The molecule has 1 rings (SSSR count). The third-order valence-electron chi connectivity index (χ3n) is 1.65. The van der Waals surface area contributed by atoms with Crippen molar-refractivity contribution < 1.29 is 5.11 Å². The molecule has 0 spiro atoms. The van der Waals surface area contributed by atoms with E-state index >= 15 is 0 Å². The fourth-order valence-electron chi connectivity index (χ4n) is 0.921. The highest BCUT2D eigenvalue weighted by Crippen LogP contribution is 2.22. The van der Waals surface area contributed by atoms with Crippen LogP contribution in [0.15, 0.2) is 6.20 Å². The molecule has 0 radical (unpaired) electrons. The van der Waals surface area contributed by atoms with Crippen LogP contribution in [-0.4, -0.2) is 16.6 Å². The molecule has 3 N–H and O–H groups in total. The lowest BCUT2D eigenvalue weighted by Crippen LogP contribution is -2.06. The van der Waals surface area contributed by atoms with Crippen molar-refractivity contribution in [2.75, 3.05) is 6.54 Å². The maximum atomic E-state index is 9.50. The van der Waals surface area contributed by atoms with Gasteiger partial charge in [-0.05, 0) is 19.4 Å². The number of thiazole rings is 1. The lowest BCUT2D eigenvalue weighted by Gasteiger charge is -2.03. The Morgan fingerprint density at radius 1 is 1.75 bits per heavy atom. The van der Waals surface area contributed by atoms with Crippen molar-refractivity contribution in [2.24, 2.45) is 5.73 Å². The standard InChI is InChI=1S/C8H14N2OS/c1-2-6-5-10-8(12-6)7(11)3-4-9/h5,7,11H,2-4,9H2,1H3. The Bertz CT molecular complexity index is 237. The Hall–Kier alpha value is -0.450. The minimum atomic E-state index is -0.472. The molecule has 3 nitrogen and oxygen atoms in total. The van der Waals surface area contributed by atoms with Crippen molar-refractivity contribution in [3.63, 3.8) is 0 Å². The van der Waals surface area contributed by atoms with E-state index in [4.69, 9.17) is 5.73 Å². The van der Waals surface area contributed by atoms with E-state index < -0.39 is 6.10 Å². The van der Waals surface area contributed by atoms with Crippen LogP contribution in [0, 0.1) is 0 Å². The zero-order valence-electron chi connectivity index (χ0n) is 7.16. The van der Waals surface area contributed by atoms with Crippen LogP contribution in [0.2, 0.25) is 0 Å². The SMILES string of the molecule is CCc1cnc(C(O)CCN)s1. The molecule has 12 heavy (non-hydrogen) atoms. The molecule has 1 aromatic rings. The lowest BCUT2D eigenvalue weighted by molar-refractivity contribution is 0.170. The van der Waals surface area contributed by atoms with Crippen molar-refractivity contribution >= 4 is 11.3 Å². The molecule has 4 heteroatoms. The molecule has 0 aliphatic rings. The maximum absolute atomic E-state index is 9.50. The smallest absolute Gasteiger partial charge is 0.121 e. The van der Waals surface area contributed by atoms with Gasteiger partial charge in [0.15, 0.2) is 0 Å². The summed E-state index contributed by atoms with van der Waals surface area (Å²) in [5.74, 6) is 0. The zero-order valence-corrected chi connectivity index (χ0v) is 7.97. The molecule has 1 atom stereocenters. The lowest BCUT2D eigenvalue weighted by atomic mass is 10.3. The zero-order chi connectivity index (χ0) is 8.97. The fraction of sp³-hybridized carbons (Fsp3) is 0.625. The molecule has 0 amide bonds. The summed E-state index contributed by atoms with van der Waals surface area (Å²) in [6, 6.07) is 0. The molecule has 0 aliphatic carbocycles. The predicted molar refractivity (Wildman–Crippen MR) is 50.1 cm³/mol. The first-order valence-electron chi connectivity index (χ1n) is 4.10. The number of aromatic nitrogens is 1. The van der Waals surface area contributed by atoms with Gasteiger partial charge in [0.25, 0.3) is 0 Å². The molecule has 0 aromatic carbocycles. The Morgan fingerprint density at radius 3 is 3.00 bits per heavy atom. The van der Waals surface area contributed by atoms with Crippen LogP contribution in [0.3, 0.4) is 0 Å². The van der Waals surface area contributed by atoms with Gasteiger partial charge in [-0.1, -0.05) is 6.92 Å². The first kappa shape index (κ1) is 9.64. The normalized spacial score (nSPS) is 13.2. The third-order valence-corrected chi connectivity index (χ3v) is 2.89. The van der Waals surface area contributed by atoms with Crippen LogP contribution >= 0.6 is 11.3 Å². The van der Waals surface area contributed by atoms with Crippen molar-refractivity contribution in [1.82, 2.24) is 4.98 Å². The average Bonchev–Trinajstić information content (AvgIpc) is 2.52. The van der Waals surface area contributed by atoms with Gasteiger partial charge in [-0.25, -0.2) is 4.98 Å². The van der Waals surface area contributed by atoms with Crippen molar-refractivity contribution in [1.29, 1.82) is 0 Å². The van der Waals surface area contributed by atoms with Gasteiger partial charge in [0, 0.05) is 11.1 Å². The van der Waals surface area contributed by atoms with E-state index in [0.717, 1.165) is 11.4 Å². The second kappa shape index (κ2) is 4.54. The first-order valence-corrected chi connectivity index (χ1v) is 4.92. The van der Waals surface area contributed by atoms with Crippen LogP contribution in [-0.2, 0) is 6.42 Å². The number of aliphatic hydroxyl groups excluding tert-OH is 1. The summed E-state index contributed by atoms with van der Waals surface area (Å²) in [5.41, 5.74) is 5.32. The second-order valence-corrected chi connectivity index (χ2v) is 3.76. The average molecular weight is 186 g/mol. The molecule has 0 fully saturated rings. The van der Waals surface area contributed by atoms with Gasteiger partial charge in [-0.15, -0.1) is 11.3 Å². The Labute approximate surface area is 76.3 Å². The summed E-state index contributed by atoms with van der Waals surface area (Å²) in [6.07, 6.45) is 2.92. The highest BCUT2D eigenvalue weighted by atomic mass is 32.1. The highest BCUT2D eigenvalue weighted by Gasteiger charge is 2.10. The number of nitrogens with zero attached hydrogens (tertiary/aromatic N) is 1. The monoisotopic (exact) mass is 186 g/mol. The quantitative estimate of drug-likeness (QED) is 0.740. The van der Waals surface area contributed by atoms with Gasteiger partial charge >= 0.3 is 0 Å². The Balaban J connectivity index is 2.61. The Morgan fingerprint density at radius 2 is 2.50 bits per heavy atom. The molecule has 1 unspecified atom stereocenters. The molecule has 0 saturated carbocycles. The minimum Gasteiger partial charge on any atom is -0.386 e. The van der Waals surface area contributed by atoms with Gasteiger partial charge in [0.05, 0.1) is 0 Å². The second-order valence-electron chi connectivity index (χ2n) is 2.61. The van der Waals surface area contributed by atoms with Crippen LogP contribution in [0.1, 0.15) is 29.3 Å². The number of aryl methyl sites for hydroxylation is 1. The van der Waals surface area contributed by atoms with Gasteiger partial charge in [0.2, 0.25) is 0 Å². The van der Waals surface area contributed by atoms with Gasteiger partial charge < -0.3 is 10.8 Å². The van der Waals surface area contributed by atoms with E-state index in [-0.39, 0.29) is 0 Å². The summed E-state index contributed by atoms with van der Waals surface area (Å²) >= 11 is 1.56. The van der Waals surface area contributed by atoms with E-state index in [1.54, 1.807) is 11.3 Å². The predicted octanol–water partition coefficient (Wildman–Crippen LogP) is 1.09. The largest absolute Gasteiger partial charge is 0.386 e. The summed E-state index contributed by atoms with van der Waals surface area (Å²) < 4.78 is 0. The van der Waals surface area contributed by atoms with Gasteiger partial charge in [-0.2, -0.15) is 0 Å². The van der Waals surface area contributed by atoms with E-state index in [1.165, 1.54) is 4.88 Å². The van der Waals surface area contributed by atoms with Crippen molar-refractivity contribution in [3.05, 3.63) is 16.1 Å². The molecule has 0 saturated heterocycles. The fourth-order valence-corrected chi connectivity index (χ4v) is 1.80. The molecule has 0 bridgehead atoms. The topological polar surface area (TPSA) is 59.1 Å². The van der Waals surface area contributed by atoms with Crippen LogP contribution in [0.25, 0.3) is 0 Å². The van der Waals surface area contributed by atoms with E-state index in [1.807, 2.05) is 6.20 Å². The molecule has 1 heterocycles. The minimum absolute atomic E-state index is 0.472. The number of rotatable bonds is 4. The summed E-state index contributed by atoms with van der Waals surface area (Å²) in [6.45, 7) is 2.58. The van der Waals surface area contributed by atoms with Gasteiger partial charge in [-0.3, -0.25) is 0 Å². The number of hydrogen-bond donors (Lipinski definition) is 2. The Kier molecular flexibility index (Phi) is 3.65. The van der Waals surface area contributed by atoms with E-state index in [2.05, 4.69) is 11.9 Å². The first-order chi connectivity index (χ1) is 5.77.